The minimum atomic E-state index is -0.608. The molecule has 0 saturated carbocycles. The number of dihydropyridines is 1. The van der Waals surface area contributed by atoms with Crippen LogP contribution in [0.2, 0.25) is 0 Å². The molecule has 0 unspecified atom stereocenters. The molecule has 0 fully saturated rings. The van der Waals surface area contributed by atoms with Crippen LogP contribution in [0.25, 0.3) is 0 Å². The van der Waals surface area contributed by atoms with Crippen LogP contribution in [0.4, 0.5) is 5.69 Å². The van der Waals surface area contributed by atoms with E-state index in [0.717, 1.165) is 0 Å². The van der Waals surface area contributed by atoms with Crippen molar-refractivity contribution >= 4 is 17.5 Å². The van der Waals surface area contributed by atoms with E-state index in [0.29, 0.717) is 54.3 Å². The van der Waals surface area contributed by atoms with E-state index in [2.05, 4.69) is 5.32 Å². The number of benzene rings is 1. The summed E-state index contributed by atoms with van der Waals surface area (Å²) in [6.07, 6.45) is 0. The molecule has 1 N–H and O–H groups in total. The lowest BCUT2D eigenvalue weighted by Crippen LogP contribution is -2.42. The quantitative estimate of drug-likeness (QED) is 0.504. The smallest absolute Gasteiger partial charge is 0.269 e. The summed E-state index contributed by atoms with van der Waals surface area (Å²) in [7, 11) is 0. The number of nitro benzene ring substituents is 1. The molecule has 1 aliphatic heterocycles. The Balaban J connectivity index is 2.71. The van der Waals surface area contributed by atoms with Crippen molar-refractivity contribution in [2.24, 2.45) is 0 Å². The molecule has 0 aliphatic carbocycles. The molecule has 2 amide bonds. The highest BCUT2D eigenvalue weighted by Gasteiger charge is 2.38. The predicted molar refractivity (Wildman–Crippen MR) is 120 cm³/mol. The Kier molecular flexibility index (Phi) is 7.96. The first-order valence-electron chi connectivity index (χ1n) is 10.7. The number of non-ortho nitro benzene ring substituents is 1. The molecule has 0 atom stereocenters. The highest BCUT2D eigenvalue weighted by Crippen LogP contribution is 2.40. The number of nitro groups is 1. The Morgan fingerprint density at radius 1 is 0.871 bits per heavy atom. The molecule has 1 aromatic rings. The molecule has 31 heavy (non-hydrogen) atoms. The van der Waals surface area contributed by atoms with Gasteiger partial charge in [0.25, 0.3) is 17.5 Å². The van der Waals surface area contributed by atoms with Crippen LogP contribution in [0.15, 0.2) is 46.8 Å². The van der Waals surface area contributed by atoms with Crippen LogP contribution in [0.3, 0.4) is 0 Å². The summed E-state index contributed by atoms with van der Waals surface area (Å²) in [5, 5.41) is 14.4. The summed E-state index contributed by atoms with van der Waals surface area (Å²) < 4.78 is 0. The SMILES string of the molecule is CCN(CC)C(=O)C1=C(C)NC(C)=C(C(=O)N(CC)CC)C1c1ccc([N+](=O)[O-])cc1. The highest BCUT2D eigenvalue weighted by atomic mass is 16.6. The molecule has 0 saturated heterocycles. The Bertz CT molecular complexity index is 864. The lowest BCUT2D eigenvalue weighted by atomic mass is 9.79. The van der Waals surface area contributed by atoms with Gasteiger partial charge in [-0.15, -0.1) is 0 Å². The standard InChI is InChI=1S/C23H32N4O4/c1-7-25(8-2)22(28)19-15(5)24-16(6)20(23(29)26(9-3)10-4)21(19)17-11-13-18(14-12-17)27(30)31/h11-14,21,24H,7-10H2,1-6H3. The maximum absolute atomic E-state index is 13.5. The van der Waals surface area contributed by atoms with Crippen LogP contribution < -0.4 is 5.32 Å². The molecule has 2 rings (SSSR count). The Hall–Kier alpha value is -3.16. The third-order valence-corrected chi connectivity index (χ3v) is 5.76. The average molecular weight is 429 g/mol. The molecule has 1 aliphatic rings. The van der Waals surface area contributed by atoms with Gasteiger partial charge in [0.1, 0.15) is 0 Å². The molecule has 0 radical (unpaired) electrons. The zero-order chi connectivity index (χ0) is 23.3. The van der Waals surface area contributed by atoms with Crippen molar-refractivity contribution in [2.75, 3.05) is 26.2 Å². The number of amides is 2. The Morgan fingerprint density at radius 2 is 1.26 bits per heavy atom. The maximum Gasteiger partial charge on any atom is 0.269 e. The molecule has 168 valence electrons. The number of hydrogen-bond donors (Lipinski definition) is 1. The van der Waals surface area contributed by atoms with Crippen molar-refractivity contribution in [2.45, 2.75) is 47.5 Å². The summed E-state index contributed by atoms with van der Waals surface area (Å²) in [4.78, 5) is 41.1. The lowest BCUT2D eigenvalue weighted by molar-refractivity contribution is -0.384. The van der Waals surface area contributed by atoms with E-state index in [1.165, 1.54) is 12.1 Å². The molecule has 1 heterocycles. The second-order valence-electron chi connectivity index (χ2n) is 7.44. The molecular formula is C23H32N4O4. The van der Waals surface area contributed by atoms with Crippen molar-refractivity contribution in [3.05, 3.63) is 62.5 Å². The minimum Gasteiger partial charge on any atom is -0.362 e. The van der Waals surface area contributed by atoms with Gasteiger partial charge in [0.2, 0.25) is 0 Å². The zero-order valence-electron chi connectivity index (χ0n) is 19.2. The van der Waals surface area contributed by atoms with Crippen LogP contribution in [-0.2, 0) is 9.59 Å². The fraction of sp³-hybridized carbons (Fsp3) is 0.478. The first-order valence-corrected chi connectivity index (χ1v) is 10.7. The molecule has 0 aromatic heterocycles. The molecule has 0 spiro atoms. The van der Waals surface area contributed by atoms with Crippen molar-refractivity contribution in [1.29, 1.82) is 0 Å². The number of allylic oxidation sites excluding steroid dienone is 2. The van der Waals surface area contributed by atoms with E-state index in [9.17, 15) is 19.7 Å². The summed E-state index contributed by atoms with van der Waals surface area (Å²) >= 11 is 0. The van der Waals surface area contributed by atoms with Crippen LogP contribution in [0.1, 0.15) is 53.0 Å². The molecule has 0 bridgehead atoms. The fourth-order valence-electron chi connectivity index (χ4n) is 4.05. The number of rotatable bonds is 8. The predicted octanol–water partition coefficient (Wildman–Crippen LogP) is 3.57. The first kappa shape index (κ1) is 24.1. The van der Waals surface area contributed by atoms with Gasteiger partial charge < -0.3 is 15.1 Å². The Morgan fingerprint density at radius 3 is 1.58 bits per heavy atom. The maximum atomic E-state index is 13.5. The van der Waals surface area contributed by atoms with Crippen LogP contribution in [-0.4, -0.2) is 52.7 Å². The third kappa shape index (κ3) is 4.78. The van der Waals surface area contributed by atoms with E-state index in [-0.39, 0.29) is 17.5 Å². The number of nitrogens with zero attached hydrogens (tertiary/aromatic N) is 3. The summed E-state index contributed by atoms with van der Waals surface area (Å²) in [5.74, 6) is -0.894. The van der Waals surface area contributed by atoms with Gasteiger partial charge in [0.15, 0.2) is 0 Å². The summed E-state index contributed by atoms with van der Waals surface area (Å²) in [6.45, 7) is 13.5. The van der Waals surface area contributed by atoms with Gasteiger partial charge in [0, 0.05) is 66.8 Å². The zero-order valence-corrected chi connectivity index (χ0v) is 19.2. The van der Waals surface area contributed by atoms with Gasteiger partial charge in [-0.1, -0.05) is 12.1 Å². The van der Waals surface area contributed by atoms with Crippen molar-refractivity contribution < 1.29 is 14.5 Å². The van der Waals surface area contributed by atoms with Crippen LogP contribution >= 0.6 is 0 Å². The normalized spacial score (nSPS) is 14.4. The van der Waals surface area contributed by atoms with Crippen LogP contribution in [0, 0.1) is 10.1 Å². The monoisotopic (exact) mass is 428 g/mol. The minimum absolute atomic E-state index is 0.0349. The van der Waals surface area contributed by atoms with Gasteiger partial charge >= 0.3 is 0 Å². The fourth-order valence-corrected chi connectivity index (χ4v) is 4.05. The topological polar surface area (TPSA) is 95.8 Å². The largest absolute Gasteiger partial charge is 0.362 e. The first-order chi connectivity index (χ1) is 14.7. The molecule has 8 nitrogen and oxygen atoms in total. The number of carbonyl (C=O) groups excluding carboxylic acids is 2. The van der Waals surface area contributed by atoms with E-state index in [4.69, 9.17) is 0 Å². The van der Waals surface area contributed by atoms with Crippen molar-refractivity contribution in [3.63, 3.8) is 0 Å². The summed E-state index contributed by atoms with van der Waals surface area (Å²) in [6, 6.07) is 6.11. The highest BCUT2D eigenvalue weighted by molar-refractivity contribution is 6.03. The molecular weight excluding hydrogens is 396 g/mol. The number of likely N-dealkylation sites (N-methyl/N-ethyl adjacent to an activating group) is 2. The number of hydrogen-bond acceptors (Lipinski definition) is 5. The van der Waals surface area contributed by atoms with E-state index in [1.54, 1.807) is 21.9 Å². The van der Waals surface area contributed by atoms with Gasteiger partial charge in [0.05, 0.1) is 4.92 Å². The van der Waals surface area contributed by atoms with Gasteiger partial charge in [-0.2, -0.15) is 0 Å². The van der Waals surface area contributed by atoms with Gasteiger partial charge in [-0.3, -0.25) is 19.7 Å². The number of carbonyl (C=O) groups is 2. The average Bonchev–Trinajstić information content (AvgIpc) is 2.74. The van der Waals surface area contributed by atoms with E-state index < -0.39 is 10.8 Å². The molecule has 1 aromatic carbocycles. The van der Waals surface area contributed by atoms with Crippen molar-refractivity contribution in [1.82, 2.24) is 15.1 Å². The lowest BCUT2D eigenvalue weighted by Gasteiger charge is -2.35. The summed E-state index contributed by atoms with van der Waals surface area (Å²) in [5.41, 5.74) is 3.02. The van der Waals surface area contributed by atoms with Crippen LogP contribution in [0.5, 0.6) is 0 Å². The van der Waals surface area contributed by atoms with E-state index >= 15 is 0 Å². The van der Waals surface area contributed by atoms with E-state index in [1.807, 2.05) is 41.5 Å². The third-order valence-electron chi connectivity index (χ3n) is 5.76. The number of nitrogens with one attached hydrogen (secondary N) is 1. The van der Waals surface area contributed by atoms with Gasteiger partial charge in [-0.25, -0.2) is 0 Å². The second-order valence-corrected chi connectivity index (χ2v) is 7.44. The van der Waals surface area contributed by atoms with Gasteiger partial charge in [-0.05, 0) is 47.1 Å². The Labute approximate surface area is 183 Å². The van der Waals surface area contributed by atoms with Crippen molar-refractivity contribution in [3.8, 4) is 0 Å². The molecule has 8 heteroatoms. The second kappa shape index (κ2) is 10.2.